The number of hydrogen-bond donors (Lipinski definition) is 0. The molecule has 23 heavy (non-hydrogen) atoms. The smallest absolute Gasteiger partial charge is 0.466 e. The topological polar surface area (TPSA) is 88.1 Å². The number of methoxy groups -OCH3 is 1. The quantitative estimate of drug-likeness (QED) is 0.231. The molecule has 7 nitrogen and oxygen atoms in total. The van der Waals surface area contributed by atoms with Crippen molar-refractivity contribution in [2.75, 3.05) is 13.7 Å². The largest absolute Gasteiger partial charge is 0.523 e. The Morgan fingerprint density at radius 2 is 1.87 bits per heavy atom. The van der Waals surface area contributed by atoms with E-state index >= 15 is 0 Å². The Labute approximate surface area is 133 Å². The van der Waals surface area contributed by atoms with Crippen molar-refractivity contribution >= 4 is 27.7 Å². The van der Waals surface area contributed by atoms with Gasteiger partial charge in [-0.15, -0.1) is 0 Å². The second-order valence-electron chi connectivity index (χ2n) is 4.90. The van der Waals surface area contributed by atoms with Gasteiger partial charge < -0.3 is 14.2 Å². The van der Waals surface area contributed by atoms with Gasteiger partial charge in [0.05, 0.1) is 13.7 Å². The van der Waals surface area contributed by atoms with Crippen LogP contribution in [0, 0.1) is 0 Å². The van der Waals surface area contributed by atoms with Crippen LogP contribution in [-0.4, -0.2) is 56.7 Å². The van der Waals surface area contributed by atoms with Gasteiger partial charge in [0.15, 0.2) is 11.9 Å². The highest BCUT2D eigenvalue weighted by atomic mass is 35.5. The summed E-state index contributed by atoms with van der Waals surface area (Å²) in [4.78, 5) is 11.3. The molecular weight excluding hydrogens is 376 g/mol. The van der Waals surface area contributed by atoms with Crippen LogP contribution in [0.3, 0.4) is 0 Å². The molecule has 1 rings (SSSR count). The zero-order valence-corrected chi connectivity index (χ0v) is 13.6. The third-order valence-corrected chi connectivity index (χ3v) is 4.09. The number of esters is 1. The van der Waals surface area contributed by atoms with Crippen LogP contribution < -0.4 is 0 Å². The normalized spacial score (nSPS) is 25.7. The van der Waals surface area contributed by atoms with Gasteiger partial charge >= 0.3 is 26.7 Å². The molecule has 13 heteroatoms. The fourth-order valence-corrected chi connectivity index (χ4v) is 2.62. The van der Waals surface area contributed by atoms with Crippen LogP contribution in [0.4, 0.5) is 17.6 Å². The number of hydrogen-bond acceptors (Lipinski definition) is 7. The van der Waals surface area contributed by atoms with Gasteiger partial charge in [0, 0.05) is 0 Å². The maximum Gasteiger partial charge on any atom is 0.523 e. The van der Waals surface area contributed by atoms with Crippen molar-refractivity contribution in [3.8, 4) is 0 Å². The Morgan fingerprint density at radius 3 is 2.22 bits per heavy atom. The van der Waals surface area contributed by atoms with Gasteiger partial charge in [0.1, 0.15) is 6.10 Å². The number of carbonyl (C=O) groups excluding carboxylic acids is 1. The maximum absolute atomic E-state index is 14.4. The van der Waals surface area contributed by atoms with Gasteiger partial charge in [-0.3, -0.25) is 4.18 Å². The first-order valence-corrected chi connectivity index (χ1v) is 7.70. The van der Waals surface area contributed by atoms with Crippen LogP contribution in [-0.2, 0) is 33.3 Å². The molecule has 1 aliphatic heterocycles. The number of alkyl halides is 5. The molecule has 0 saturated carbocycles. The SMILES string of the molecule is COC(=O)[C@](F)(Cl)[C@@H](OS(=O)(=O)C(F)(F)F)[C@H]1COC(C)(C)O1. The average Bonchev–Trinajstić information content (AvgIpc) is 2.73. The molecule has 3 atom stereocenters. The van der Waals surface area contributed by atoms with Crippen molar-refractivity contribution in [2.24, 2.45) is 0 Å². The van der Waals surface area contributed by atoms with Crippen LogP contribution in [0.5, 0.6) is 0 Å². The van der Waals surface area contributed by atoms with Gasteiger partial charge in [-0.05, 0) is 13.8 Å². The van der Waals surface area contributed by atoms with E-state index in [-0.39, 0.29) is 0 Å². The molecule has 0 bridgehead atoms. The second-order valence-corrected chi connectivity index (χ2v) is 7.01. The fraction of sp³-hybridized carbons (Fsp3) is 0.900. The van der Waals surface area contributed by atoms with E-state index < -0.39 is 51.3 Å². The lowest BCUT2D eigenvalue weighted by Gasteiger charge is -2.29. The number of ether oxygens (including phenoxy) is 3. The Morgan fingerprint density at radius 1 is 1.35 bits per heavy atom. The van der Waals surface area contributed by atoms with Crippen LogP contribution in [0.1, 0.15) is 13.8 Å². The minimum atomic E-state index is -6.26. The highest BCUT2D eigenvalue weighted by molar-refractivity contribution is 7.87. The van der Waals surface area contributed by atoms with Gasteiger partial charge in [0.2, 0.25) is 0 Å². The van der Waals surface area contributed by atoms with E-state index in [9.17, 15) is 30.8 Å². The molecule has 0 aliphatic carbocycles. The molecule has 136 valence electrons. The predicted octanol–water partition coefficient (Wildman–Crippen LogP) is 1.45. The highest BCUT2D eigenvalue weighted by Gasteiger charge is 2.59. The summed E-state index contributed by atoms with van der Waals surface area (Å²) < 4.78 is 91.8. The molecule has 0 aromatic carbocycles. The molecule has 1 heterocycles. The Bertz CT molecular complexity index is 560. The molecule has 1 saturated heterocycles. The van der Waals surface area contributed by atoms with Gasteiger partial charge in [-0.2, -0.15) is 21.6 Å². The molecule has 1 aliphatic rings. The van der Waals surface area contributed by atoms with E-state index in [2.05, 4.69) is 8.92 Å². The third-order valence-electron chi connectivity index (χ3n) is 2.70. The fourth-order valence-electron chi connectivity index (χ4n) is 1.66. The first-order valence-electron chi connectivity index (χ1n) is 5.91. The minimum absolute atomic E-state index is 0.569. The molecule has 0 aromatic rings. The first kappa shape index (κ1) is 20.4. The van der Waals surface area contributed by atoms with Crippen LogP contribution in [0.2, 0.25) is 0 Å². The summed E-state index contributed by atoms with van der Waals surface area (Å²) in [5.41, 5.74) is -5.86. The van der Waals surface area contributed by atoms with Crippen molar-refractivity contribution in [3.63, 3.8) is 0 Å². The summed E-state index contributed by atoms with van der Waals surface area (Å²) in [5, 5.41) is -3.76. The monoisotopic (exact) mass is 388 g/mol. The van der Waals surface area contributed by atoms with Crippen molar-refractivity contribution in [1.29, 1.82) is 0 Å². The Kier molecular flexibility index (Phi) is 5.59. The molecule has 1 fully saturated rings. The van der Waals surface area contributed by atoms with Gasteiger partial charge in [-0.1, -0.05) is 11.6 Å². The number of halogens is 5. The number of rotatable bonds is 5. The summed E-state index contributed by atoms with van der Waals surface area (Å²) in [6.45, 7) is 2.09. The summed E-state index contributed by atoms with van der Waals surface area (Å²) in [6.07, 6.45) is -4.41. The molecule has 0 spiro atoms. The maximum atomic E-state index is 14.4. The molecule has 0 N–H and O–H groups in total. The second kappa shape index (κ2) is 6.31. The van der Waals surface area contributed by atoms with Crippen LogP contribution in [0.25, 0.3) is 0 Å². The first-order chi connectivity index (χ1) is 10.1. The van der Waals surface area contributed by atoms with E-state index in [1.54, 1.807) is 0 Å². The van der Waals surface area contributed by atoms with Crippen molar-refractivity contribution < 1.29 is 49.2 Å². The lowest BCUT2D eigenvalue weighted by Crippen LogP contribution is -2.52. The summed E-state index contributed by atoms with van der Waals surface area (Å²) in [5.74, 6) is -3.23. The molecule has 0 radical (unpaired) electrons. The zero-order valence-electron chi connectivity index (χ0n) is 12.0. The van der Waals surface area contributed by atoms with Crippen molar-refractivity contribution in [2.45, 2.75) is 42.5 Å². The summed E-state index contributed by atoms with van der Waals surface area (Å²) in [7, 11) is -5.57. The van der Waals surface area contributed by atoms with E-state index in [0.717, 1.165) is 0 Å². The molecule has 0 aromatic heterocycles. The highest BCUT2D eigenvalue weighted by Crippen LogP contribution is 2.38. The van der Waals surface area contributed by atoms with Crippen LogP contribution >= 0.6 is 11.6 Å². The van der Waals surface area contributed by atoms with Gasteiger partial charge in [-0.25, -0.2) is 9.18 Å². The lowest BCUT2D eigenvalue weighted by atomic mass is 10.1. The van der Waals surface area contributed by atoms with E-state index in [4.69, 9.17) is 21.1 Å². The Balaban J connectivity index is 3.21. The standard InChI is InChI=1S/C10H13ClF4O7S/c1-8(2)20-4-5(21-8)6(9(11,12)7(16)19-3)22-23(17,18)10(13,14)15/h5-6H,4H2,1-3H3/t5-,6+,9+/m1/s1. The van der Waals surface area contributed by atoms with E-state index in [0.29, 0.717) is 7.11 Å². The van der Waals surface area contributed by atoms with Crippen LogP contribution in [0.15, 0.2) is 0 Å². The predicted molar refractivity (Wildman–Crippen MR) is 66.5 cm³/mol. The summed E-state index contributed by atoms with van der Waals surface area (Å²) >= 11 is 5.25. The molecular formula is C10H13ClF4O7S. The summed E-state index contributed by atoms with van der Waals surface area (Å²) in [6, 6.07) is 0. The number of carbonyl (C=O) groups is 1. The van der Waals surface area contributed by atoms with E-state index in [1.807, 2.05) is 0 Å². The molecule has 0 unspecified atom stereocenters. The zero-order chi connectivity index (χ0) is 18.3. The lowest BCUT2D eigenvalue weighted by molar-refractivity contribution is -0.171. The minimum Gasteiger partial charge on any atom is -0.466 e. The van der Waals surface area contributed by atoms with Gasteiger partial charge in [0.25, 0.3) is 0 Å². The Hall–Kier alpha value is -0.690. The van der Waals surface area contributed by atoms with Crippen molar-refractivity contribution in [1.82, 2.24) is 0 Å². The molecule has 0 amide bonds. The van der Waals surface area contributed by atoms with E-state index in [1.165, 1.54) is 13.8 Å². The average molecular weight is 389 g/mol. The third kappa shape index (κ3) is 4.44. The van der Waals surface area contributed by atoms with Crippen molar-refractivity contribution in [3.05, 3.63) is 0 Å².